The summed E-state index contributed by atoms with van der Waals surface area (Å²) in [4.78, 5) is 13.9. The largest absolute Gasteiger partial charge is 0.355 e. The number of carbonyl (C=O) groups is 1. The Balaban J connectivity index is 1.71. The van der Waals surface area contributed by atoms with Crippen LogP contribution in [0.1, 0.15) is 12.0 Å². The Labute approximate surface area is 167 Å². The zero-order valence-corrected chi connectivity index (χ0v) is 16.0. The molecule has 2 heterocycles. The van der Waals surface area contributed by atoms with E-state index in [4.69, 9.17) is 16.7 Å². The zero-order chi connectivity index (χ0) is 19.5. The molecule has 7 heteroatoms. The second-order valence-electron chi connectivity index (χ2n) is 6.78. The van der Waals surface area contributed by atoms with E-state index in [1.54, 1.807) is 16.8 Å². The average molecular weight is 399 g/mol. The van der Waals surface area contributed by atoms with Crippen LogP contribution in [0.2, 0.25) is 5.02 Å². The van der Waals surface area contributed by atoms with Crippen LogP contribution in [-0.4, -0.2) is 40.2 Å². The fourth-order valence-corrected chi connectivity index (χ4v) is 3.57. The molecule has 1 saturated heterocycles. The molecule has 1 N–H and O–H groups in total. The lowest BCUT2D eigenvalue weighted by molar-refractivity contribution is -0.120. The maximum atomic E-state index is 13.3. The number of nitrogens with one attached hydrogen (secondary N) is 1. The van der Waals surface area contributed by atoms with Crippen molar-refractivity contribution in [3.63, 3.8) is 0 Å². The van der Waals surface area contributed by atoms with Gasteiger partial charge in [0.2, 0.25) is 5.91 Å². The van der Waals surface area contributed by atoms with Crippen LogP contribution < -0.4 is 5.32 Å². The first-order chi connectivity index (χ1) is 13.6. The second kappa shape index (κ2) is 8.12. The summed E-state index contributed by atoms with van der Waals surface area (Å²) in [5.74, 6) is -0.208. The van der Waals surface area contributed by atoms with Gasteiger partial charge in [0.15, 0.2) is 0 Å². The number of amides is 1. The lowest BCUT2D eigenvalue weighted by Crippen LogP contribution is -2.28. The van der Waals surface area contributed by atoms with Gasteiger partial charge in [-0.25, -0.2) is 9.07 Å². The van der Waals surface area contributed by atoms with E-state index in [0.29, 0.717) is 31.1 Å². The molecule has 5 nitrogen and oxygen atoms in total. The summed E-state index contributed by atoms with van der Waals surface area (Å²) >= 11 is 6.43. The van der Waals surface area contributed by atoms with Crippen molar-refractivity contribution in [3.05, 3.63) is 71.1 Å². The van der Waals surface area contributed by atoms with Gasteiger partial charge in [0.25, 0.3) is 0 Å². The lowest BCUT2D eigenvalue weighted by Gasteiger charge is -2.18. The Morgan fingerprint density at radius 3 is 2.68 bits per heavy atom. The van der Waals surface area contributed by atoms with E-state index in [-0.39, 0.29) is 11.7 Å². The van der Waals surface area contributed by atoms with E-state index in [2.05, 4.69) is 10.2 Å². The molecule has 0 bridgehead atoms. The van der Waals surface area contributed by atoms with Gasteiger partial charge in [-0.3, -0.25) is 9.69 Å². The average Bonchev–Trinajstić information content (AvgIpc) is 2.99. The predicted molar refractivity (Wildman–Crippen MR) is 107 cm³/mol. The highest BCUT2D eigenvalue weighted by Gasteiger charge is 2.19. The fourth-order valence-electron chi connectivity index (χ4n) is 3.34. The lowest BCUT2D eigenvalue weighted by atomic mass is 10.1. The van der Waals surface area contributed by atoms with E-state index in [0.717, 1.165) is 29.1 Å². The standard InChI is InChI=1S/C21H20ClFN4O/c22-19-4-2-1-3-18(19)21-15(13-26-11-9-20(28)24-10-12-26)14-27(25-21)17-7-5-16(23)6-8-17/h1-8,14H,9-13H2,(H,24,28). The van der Waals surface area contributed by atoms with Crippen LogP contribution in [0.25, 0.3) is 16.9 Å². The van der Waals surface area contributed by atoms with E-state index in [1.807, 2.05) is 30.5 Å². The SMILES string of the molecule is O=C1CCN(Cc2cn(-c3ccc(F)cc3)nc2-c2ccccc2Cl)CCN1. The quantitative estimate of drug-likeness (QED) is 0.729. The van der Waals surface area contributed by atoms with Crippen molar-refractivity contribution in [2.24, 2.45) is 0 Å². The summed E-state index contributed by atoms with van der Waals surface area (Å²) < 4.78 is 15.0. The smallest absolute Gasteiger partial charge is 0.221 e. The van der Waals surface area contributed by atoms with Crippen molar-refractivity contribution in [2.45, 2.75) is 13.0 Å². The Hall–Kier alpha value is -2.70. The number of benzene rings is 2. The third kappa shape index (κ3) is 4.08. The zero-order valence-electron chi connectivity index (χ0n) is 15.2. The molecule has 0 saturated carbocycles. The van der Waals surface area contributed by atoms with Crippen molar-refractivity contribution in [1.82, 2.24) is 20.0 Å². The first kappa shape index (κ1) is 18.7. The van der Waals surface area contributed by atoms with E-state index in [1.165, 1.54) is 12.1 Å². The Morgan fingerprint density at radius 1 is 1.11 bits per heavy atom. The monoisotopic (exact) mass is 398 g/mol. The summed E-state index contributed by atoms with van der Waals surface area (Å²) in [5.41, 5.74) is 3.42. The molecule has 2 aromatic carbocycles. The summed E-state index contributed by atoms with van der Waals surface area (Å²) in [5, 5.41) is 8.27. The number of nitrogens with zero attached hydrogens (tertiary/aromatic N) is 3. The molecule has 1 aliphatic heterocycles. The van der Waals surface area contributed by atoms with E-state index >= 15 is 0 Å². The van der Waals surface area contributed by atoms with Gasteiger partial charge >= 0.3 is 0 Å². The molecule has 0 aliphatic carbocycles. The Bertz CT molecular complexity index is 986. The first-order valence-electron chi connectivity index (χ1n) is 9.18. The molecule has 0 atom stereocenters. The van der Waals surface area contributed by atoms with Gasteiger partial charge in [0.05, 0.1) is 16.4 Å². The van der Waals surface area contributed by atoms with Gasteiger partial charge in [0.1, 0.15) is 5.82 Å². The molecule has 1 fully saturated rings. The molecule has 144 valence electrons. The molecule has 1 amide bonds. The topological polar surface area (TPSA) is 50.2 Å². The van der Waals surface area contributed by atoms with Gasteiger partial charge in [-0.15, -0.1) is 0 Å². The molecule has 0 radical (unpaired) electrons. The van der Waals surface area contributed by atoms with Crippen molar-refractivity contribution >= 4 is 17.5 Å². The van der Waals surface area contributed by atoms with Crippen LogP contribution in [-0.2, 0) is 11.3 Å². The molecule has 1 aliphatic rings. The Morgan fingerprint density at radius 2 is 1.89 bits per heavy atom. The number of carbonyl (C=O) groups excluding carboxylic acids is 1. The van der Waals surface area contributed by atoms with Crippen LogP contribution >= 0.6 is 11.6 Å². The van der Waals surface area contributed by atoms with Crippen molar-refractivity contribution < 1.29 is 9.18 Å². The minimum atomic E-state index is -0.288. The van der Waals surface area contributed by atoms with E-state index < -0.39 is 0 Å². The molecular formula is C21H20ClFN4O. The minimum absolute atomic E-state index is 0.0795. The summed E-state index contributed by atoms with van der Waals surface area (Å²) in [6.07, 6.45) is 2.43. The van der Waals surface area contributed by atoms with Crippen LogP contribution in [0.15, 0.2) is 54.7 Å². The number of rotatable bonds is 4. The Kier molecular flexibility index (Phi) is 5.41. The highest BCUT2D eigenvalue weighted by Crippen LogP contribution is 2.30. The van der Waals surface area contributed by atoms with Crippen molar-refractivity contribution in [1.29, 1.82) is 0 Å². The molecular weight excluding hydrogens is 379 g/mol. The predicted octanol–water partition coefficient (Wildman–Crippen LogP) is 3.65. The highest BCUT2D eigenvalue weighted by atomic mass is 35.5. The van der Waals surface area contributed by atoms with Crippen LogP contribution in [0.3, 0.4) is 0 Å². The number of hydrogen-bond donors (Lipinski definition) is 1. The van der Waals surface area contributed by atoms with Gasteiger partial charge < -0.3 is 5.32 Å². The van der Waals surface area contributed by atoms with Crippen LogP contribution in [0.5, 0.6) is 0 Å². The molecule has 0 unspecified atom stereocenters. The molecule has 1 aromatic heterocycles. The van der Waals surface area contributed by atoms with Crippen molar-refractivity contribution in [3.8, 4) is 16.9 Å². The van der Waals surface area contributed by atoms with Crippen molar-refractivity contribution in [2.75, 3.05) is 19.6 Å². The number of halogens is 2. The number of hydrogen-bond acceptors (Lipinski definition) is 3. The third-order valence-corrected chi connectivity index (χ3v) is 5.14. The maximum Gasteiger partial charge on any atom is 0.221 e. The second-order valence-corrected chi connectivity index (χ2v) is 7.19. The third-order valence-electron chi connectivity index (χ3n) is 4.81. The van der Waals surface area contributed by atoms with Crippen LogP contribution in [0, 0.1) is 5.82 Å². The summed E-state index contributed by atoms with van der Waals surface area (Å²) in [6.45, 7) is 2.74. The van der Waals surface area contributed by atoms with Gasteiger partial charge in [-0.05, 0) is 30.3 Å². The normalized spacial score (nSPS) is 15.3. The fraction of sp³-hybridized carbons (Fsp3) is 0.238. The molecule has 0 spiro atoms. The van der Waals surface area contributed by atoms with Gasteiger partial charge in [-0.1, -0.05) is 29.8 Å². The summed E-state index contributed by atoms with van der Waals surface area (Å²) in [6, 6.07) is 13.8. The van der Waals surface area contributed by atoms with E-state index in [9.17, 15) is 9.18 Å². The molecule has 3 aromatic rings. The van der Waals surface area contributed by atoms with Gasteiger partial charge in [-0.2, -0.15) is 5.10 Å². The molecule has 4 rings (SSSR count). The number of aromatic nitrogens is 2. The highest BCUT2D eigenvalue weighted by molar-refractivity contribution is 6.33. The maximum absolute atomic E-state index is 13.3. The minimum Gasteiger partial charge on any atom is -0.355 e. The first-order valence-corrected chi connectivity index (χ1v) is 9.56. The summed E-state index contributed by atoms with van der Waals surface area (Å²) in [7, 11) is 0. The van der Waals surface area contributed by atoms with Gasteiger partial charge in [0, 0.05) is 49.9 Å². The molecule has 28 heavy (non-hydrogen) atoms. The van der Waals surface area contributed by atoms with Crippen LogP contribution in [0.4, 0.5) is 4.39 Å².